The van der Waals surface area contributed by atoms with Crippen LogP contribution < -0.4 is 5.56 Å². The maximum atomic E-state index is 13.6. The number of rotatable bonds is 6. The second-order valence-corrected chi connectivity index (χ2v) is 9.75. The van der Waals surface area contributed by atoms with E-state index in [9.17, 15) is 9.18 Å². The molecule has 1 atom stereocenters. The standard InChI is InChI=1S/C24H24ClFN6OS/c1-16(30-11-3-2-4-12-30)23-28-29-24(32(23)20-8-6-18(26)7-9-20)34-15-19-13-22(33)31-14-17(25)5-10-21(31)27-19/h5-10,13-14,16H,2-4,11-12,15H2,1H3. The average molecular weight is 499 g/mol. The lowest BCUT2D eigenvalue weighted by atomic mass is 10.1. The lowest BCUT2D eigenvalue weighted by Crippen LogP contribution is -2.33. The van der Waals surface area contributed by atoms with Crippen molar-refractivity contribution in [2.24, 2.45) is 0 Å². The highest BCUT2D eigenvalue weighted by Crippen LogP contribution is 2.30. The van der Waals surface area contributed by atoms with Gasteiger partial charge in [-0.25, -0.2) is 9.37 Å². The Bertz CT molecular complexity index is 1370. The topological polar surface area (TPSA) is 68.3 Å². The van der Waals surface area contributed by atoms with Gasteiger partial charge in [0.05, 0.1) is 16.8 Å². The molecule has 5 rings (SSSR count). The number of halogens is 2. The number of thioether (sulfide) groups is 1. The molecule has 1 saturated heterocycles. The first-order valence-electron chi connectivity index (χ1n) is 11.3. The summed E-state index contributed by atoms with van der Waals surface area (Å²) in [5.41, 5.74) is 1.78. The number of hydrogen-bond acceptors (Lipinski definition) is 6. The number of likely N-dealkylation sites (tertiary alicyclic amines) is 1. The zero-order valence-electron chi connectivity index (χ0n) is 18.7. The number of piperidine rings is 1. The number of hydrogen-bond donors (Lipinski definition) is 0. The van der Waals surface area contributed by atoms with Crippen LogP contribution in [0.25, 0.3) is 11.3 Å². The lowest BCUT2D eigenvalue weighted by Gasteiger charge is -2.31. The van der Waals surface area contributed by atoms with E-state index in [1.165, 1.54) is 53.6 Å². The van der Waals surface area contributed by atoms with Crippen molar-refractivity contribution in [3.63, 3.8) is 0 Å². The largest absolute Gasteiger partial charge is 0.294 e. The van der Waals surface area contributed by atoms with Gasteiger partial charge in [-0.2, -0.15) is 0 Å². The van der Waals surface area contributed by atoms with Crippen molar-refractivity contribution in [1.29, 1.82) is 0 Å². The molecule has 0 radical (unpaired) electrons. The van der Waals surface area contributed by atoms with Gasteiger partial charge in [0, 0.05) is 23.7 Å². The normalized spacial score (nSPS) is 15.6. The highest BCUT2D eigenvalue weighted by molar-refractivity contribution is 7.98. The molecule has 0 aliphatic carbocycles. The van der Waals surface area contributed by atoms with Crippen LogP contribution in [-0.4, -0.2) is 42.1 Å². The van der Waals surface area contributed by atoms with E-state index in [0.717, 1.165) is 24.6 Å². The summed E-state index contributed by atoms with van der Waals surface area (Å²) < 4.78 is 17.0. The molecule has 1 unspecified atom stereocenters. The van der Waals surface area contributed by atoms with Crippen molar-refractivity contribution >= 4 is 29.0 Å². The third kappa shape index (κ3) is 4.73. The molecule has 4 aromatic rings. The van der Waals surface area contributed by atoms with E-state index in [1.54, 1.807) is 30.5 Å². The zero-order valence-corrected chi connectivity index (χ0v) is 20.3. The molecule has 1 aliphatic rings. The van der Waals surface area contributed by atoms with Crippen LogP contribution in [0.3, 0.4) is 0 Å². The molecule has 0 saturated carbocycles. The highest BCUT2D eigenvalue weighted by atomic mass is 35.5. The molecule has 0 amide bonds. The molecule has 10 heteroatoms. The lowest BCUT2D eigenvalue weighted by molar-refractivity contribution is 0.167. The van der Waals surface area contributed by atoms with Crippen LogP contribution in [0.15, 0.2) is 58.6 Å². The Balaban J connectivity index is 1.47. The van der Waals surface area contributed by atoms with E-state index in [1.807, 2.05) is 4.57 Å². The minimum atomic E-state index is -0.294. The van der Waals surface area contributed by atoms with Gasteiger partial charge in [-0.05, 0) is 69.3 Å². The van der Waals surface area contributed by atoms with Gasteiger partial charge in [-0.1, -0.05) is 29.8 Å². The average Bonchev–Trinajstić information content (AvgIpc) is 3.27. The van der Waals surface area contributed by atoms with Gasteiger partial charge in [0.2, 0.25) is 0 Å². The molecule has 0 bridgehead atoms. The van der Waals surface area contributed by atoms with Crippen molar-refractivity contribution in [3.05, 3.63) is 81.4 Å². The van der Waals surface area contributed by atoms with Crippen LogP contribution in [-0.2, 0) is 5.75 Å². The summed E-state index contributed by atoms with van der Waals surface area (Å²) in [5.74, 6) is 0.959. The molecule has 1 aliphatic heterocycles. The van der Waals surface area contributed by atoms with Crippen molar-refractivity contribution in [3.8, 4) is 5.69 Å². The quantitative estimate of drug-likeness (QED) is 0.352. The minimum Gasteiger partial charge on any atom is -0.294 e. The molecule has 7 nitrogen and oxygen atoms in total. The summed E-state index contributed by atoms with van der Waals surface area (Å²) in [6.07, 6.45) is 5.15. The molecule has 3 aromatic heterocycles. The van der Waals surface area contributed by atoms with E-state index in [-0.39, 0.29) is 17.4 Å². The summed E-state index contributed by atoms with van der Waals surface area (Å²) >= 11 is 7.45. The molecule has 1 aromatic carbocycles. The molecule has 1 fully saturated rings. The first kappa shape index (κ1) is 23.0. The molecular formula is C24H24ClFN6OS. The van der Waals surface area contributed by atoms with Gasteiger partial charge < -0.3 is 0 Å². The van der Waals surface area contributed by atoms with Gasteiger partial charge in [0.15, 0.2) is 11.0 Å². The van der Waals surface area contributed by atoms with Gasteiger partial charge in [-0.3, -0.25) is 18.7 Å². The van der Waals surface area contributed by atoms with Crippen molar-refractivity contribution in [1.82, 2.24) is 29.0 Å². The Hall–Kier alpha value is -2.75. The number of pyridine rings is 1. The Labute approximate surface area is 205 Å². The molecule has 0 N–H and O–H groups in total. The second-order valence-electron chi connectivity index (χ2n) is 8.38. The minimum absolute atomic E-state index is 0.0698. The maximum absolute atomic E-state index is 13.6. The number of fused-ring (bicyclic) bond motifs is 1. The van der Waals surface area contributed by atoms with Crippen LogP contribution in [0.5, 0.6) is 0 Å². The number of aromatic nitrogens is 5. The Morgan fingerprint density at radius 2 is 1.85 bits per heavy atom. The van der Waals surface area contributed by atoms with Crippen LogP contribution in [0.2, 0.25) is 5.02 Å². The van der Waals surface area contributed by atoms with Gasteiger partial charge in [0.1, 0.15) is 11.5 Å². The fraction of sp³-hybridized carbons (Fsp3) is 0.333. The fourth-order valence-electron chi connectivity index (χ4n) is 4.29. The van der Waals surface area contributed by atoms with E-state index in [2.05, 4.69) is 27.0 Å². The Morgan fingerprint density at radius 3 is 2.62 bits per heavy atom. The van der Waals surface area contributed by atoms with E-state index in [4.69, 9.17) is 11.6 Å². The van der Waals surface area contributed by atoms with E-state index >= 15 is 0 Å². The maximum Gasteiger partial charge on any atom is 0.258 e. The third-order valence-electron chi connectivity index (χ3n) is 6.08. The summed E-state index contributed by atoms with van der Waals surface area (Å²) in [4.78, 5) is 19.5. The van der Waals surface area contributed by atoms with Gasteiger partial charge in [0.25, 0.3) is 5.56 Å². The van der Waals surface area contributed by atoms with E-state index < -0.39 is 0 Å². The van der Waals surface area contributed by atoms with Crippen molar-refractivity contribution in [2.75, 3.05) is 13.1 Å². The predicted molar refractivity (Wildman–Crippen MR) is 131 cm³/mol. The monoisotopic (exact) mass is 498 g/mol. The predicted octanol–water partition coefficient (Wildman–Crippen LogP) is 4.91. The SMILES string of the molecule is CC(c1nnc(SCc2cc(=O)n3cc(Cl)ccc3n2)n1-c1ccc(F)cc1)N1CCCCC1. The first-order valence-corrected chi connectivity index (χ1v) is 12.6. The molecule has 0 spiro atoms. The van der Waals surface area contributed by atoms with Crippen molar-refractivity contribution in [2.45, 2.75) is 43.1 Å². The molecule has 176 valence electrons. The summed E-state index contributed by atoms with van der Waals surface area (Å²) in [6, 6.07) is 11.4. The summed E-state index contributed by atoms with van der Waals surface area (Å²) in [6.45, 7) is 4.19. The van der Waals surface area contributed by atoms with Crippen molar-refractivity contribution < 1.29 is 4.39 Å². The summed E-state index contributed by atoms with van der Waals surface area (Å²) in [5, 5.41) is 10.1. The molecular weight excluding hydrogens is 475 g/mol. The van der Waals surface area contributed by atoms with Crippen LogP contribution in [0.1, 0.15) is 43.7 Å². The zero-order chi connectivity index (χ0) is 23.7. The molecule has 34 heavy (non-hydrogen) atoms. The number of benzene rings is 1. The Morgan fingerprint density at radius 1 is 1.09 bits per heavy atom. The van der Waals surface area contributed by atoms with Crippen LogP contribution in [0.4, 0.5) is 4.39 Å². The molecule has 4 heterocycles. The smallest absolute Gasteiger partial charge is 0.258 e. The second kappa shape index (κ2) is 9.85. The Kier molecular flexibility index (Phi) is 6.67. The van der Waals surface area contributed by atoms with Gasteiger partial charge >= 0.3 is 0 Å². The first-order chi connectivity index (χ1) is 16.5. The summed E-state index contributed by atoms with van der Waals surface area (Å²) in [7, 11) is 0. The third-order valence-corrected chi connectivity index (χ3v) is 7.27. The van der Waals surface area contributed by atoms with E-state index in [0.29, 0.717) is 27.3 Å². The van der Waals surface area contributed by atoms with Crippen LogP contribution in [0, 0.1) is 5.82 Å². The van der Waals surface area contributed by atoms with Gasteiger partial charge in [-0.15, -0.1) is 10.2 Å². The fourth-order valence-corrected chi connectivity index (χ4v) is 5.30. The highest BCUT2D eigenvalue weighted by Gasteiger charge is 2.25. The van der Waals surface area contributed by atoms with Crippen LogP contribution >= 0.6 is 23.4 Å². The number of nitrogens with zero attached hydrogens (tertiary/aromatic N) is 6.